The third-order valence-corrected chi connectivity index (χ3v) is 9.84. The fourth-order valence-corrected chi connectivity index (χ4v) is 7.42. The fourth-order valence-electron chi connectivity index (χ4n) is 7.42. The van der Waals surface area contributed by atoms with E-state index in [-0.39, 0.29) is 5.92 Å². The molecule has 0 saturated carbocycles. The van der Waals surface area contributed by atoms with Crippen molar-refractivity contribution in [3.8, 4) is 56.4 Å². The van der Waals surface area contributed by atoms with E-state index in [1.165, 1.54) is 38.9 Å². The zero-order valence-electron chi connectivity index (χ0n) is 27.0. The van der Waals surface area contributed by atoms with E-state index in [9.17, 15) is 0 Å². The zero-order valence-corrected chi connectivity index (χ0v) is 27.0. The van der Waals surface area contributed by atoms with Gasteiger partial charge in [0, 0.05) is 33.4 Å². The second-order valence-electron chi connectivity index (χ2n) is 12.8. The minimum Gasteiger partial charge on any atom is -0.456 e. The van der Waals surface area contributed by atoms with Gasteiger partial charge in [-0.05, 0) is 63.2 Å². The number of furan rings is 1. The SMILES string of the molecule is c1ccc(-c2ccc3c(c2)C(c2ccc(-c4nc(-c5ccccc5)nc(-c5ccc6c(c5)oc5ccccc56)n4)cc2)c2ccccc2-3)cc1. The highest BCUT2D eigenvalue weighted by atomic mass is 16.3. The summed E-state index contributed by atoms with van der Waals surface area (Å²) in [5, 5.41) is 2.17. The molecule has 4 nitrogen and oxygen atoms in total. The first-order valence-corrected chi connectivity index (χ1v) is 16.9. The van der Waals surface area contributed by atoms with Crippen molar-refractivity contribution in [1.29, 1.82) is 0 Å². The molecule has 0 aliphatic heterocycles. The minimum atomic E-state index is 0.128. The molecule has 0 saturated heterocycles. The quantitative estimate of drug-likeness (QED) is 0.188. The molecule has 4 heteroatoms. The molecule has 1 aliphatic rings. The van der Waals surface area contributed by atoms with Gasteiger partial charge in [-0.3, -0.25) is 0 Å². The van der Waals surface area contributed by atoms with Crippen LogP contribution >= 0.6 is 0 Å². The van der Waals surface area contributed by atoms with Gasteiger partial charge in [-0.15, -0.1) is 0 Å². The number of hydrogen-bond donors (Lipinski definition) is 0. The summed E-state index contributed by atoms with van der Waals surface area (Å²) in [6, 6.07) is 59.4. The lowest BCUT2D eigenvalue weighted by atomic mass is 9.87. The first kappa shape index (κ1) is 28.4. The third kappa shape index (κ3) is 4.73. The smallest absolute Gasteiger partial charge is 0.164 e. The van der Waals surface area contributed by atoms with Crippen LogP contribution in [0.2, 0.25) is 0 Å². The molecule has 2 heterocycles. The van der Waals surface area contributed by atoms with Crippen LogP contribution in [0.1, 0.15) is 22.6 Å². The molecule has 10 rings (SSSR count). The van der Waals surface area contributed by atoms with Crippen LogP contribution in [-0.4, -0.2) is 15.0 Å². The van der Waals surface area contributed by atoms with Crippen molar-refractivity contribution in [2.75, 3.05) is 0 Å². The van der Waals surface area contributed by atoms with Gasteiger partial charge in [0.2, 0.25) is 0 Å². The molecule has 0 fully saturated rings. The summed E-state index contributed by atoms with van der Waals surface area (Å²) in [5.41, 5.74) is 13.4. The molecule has 0 spiro atoms. The van der Waals surface area contributed by atoms with E-state index in [4.69, 9.17) is 19.4 Å². The van der Waals surface area contributed by atoms with Crippen molar-refractivity contribution in [3.63, 3.8) is 0 Å². The maximum Gasteiger partial charge on any atom is 0.164 e. The fraction of sp³-hybridized carbons (Fsp3) is 0.0217. The van der Waals surface area contributed by atoms with Gasteiger partial charge in [-0.25, -0.2) is 15.0 Å². The number of benzene rings is 7. The van der Waals surface area contributed by atoms with Gasteiger partial charge >= 0.3 is 0 Å². The Kier molecular flexibility index (Phi) is 6.53. The topological polar surface area (TPSA) is 51.8 Å². The van der Waals surface area contributed by atoms with E-state index in [0.29, 0.717) is 17.5 Å². The molecular weight excluding hydrogens is 611 g/mol. The van der Waals surface area contributed by atoms with E-state index in [1.807, 2.05) is 54.6 Å². The summed E-state index contributed by atoms with van der Waals surface area (Å²) >= 11 is 0. The number of hydrogen-bond acceptors (Lipinski definition) is 4. The Labute approximate surface area is 289 Å². The van der Waals surface area contributed by atoms with E-state index < -0.39 is 0 Å². The molecule has 9 aromatic rings. The predicted molar refractivity (Wildman–Crippen MR) is 202 cm³/mol. The van der Waals surface area contributed by atoms with Crippen LogP contribution in [0, 0.1) is 0 Å². The molecule has 0 bridgehead atoms. The molecule has 0 amide bonds. The lowest BCUT2D eigenvalue weighted by Crippen LogP contribution is -2.02. The maximum absolute atomic E-state index is 6.22. The predicted octanol–water partition coefficient (Wildman–Crippen LogP) is 11.6. The van der Waals surface area contributed by atoms with Gasteiger partial charge in [0.05, 0.1) is 0 Å². The van der Waals surface area contributed by atoms with Crippen molar-refractivity contribution in [2.45, 2.75) is 5.92 Å². The highest BCUT2D eigenvalue weighted by molar-refractivity contribution is 6.05. The third-order valence-electron chi connectivity index (χ3n) is 9.84. The second kappa shape index (κ2) is 11.5. The number of para-hydroxylation sites is 1. The van der Waals surface area contributed by atoms with Crippen LogP contribution in [-0.2, 0) is 0 Å². The van der Waals surface area contributed by atoms with Crippen molar-refractivity contribution < 1.29 is 4.42 Å². The largest absolute Gasteiger partial charge is 0.456 e. The van der Waals surface area contributed by atoms with Crippen molar-refractivity contribution in [2.24, 2.45) is 0 Å². The Balaban J connectivity index is 1.07. The molecule has 234 valence electrons. The van der Waals surface area contributed by atoms with Crippen LogP contribution in [0.3, 0.4) is 0 Å². The Hall–Kier alpha value is -6.65. The van der Waals surface area contributed by atoms with E-state index >= 15 is 0 Å². The van der Waals surface area contributed by atoms with E-state index in [1.54, 1.807) is 0 Å². The maximum atomic E-state index is 6.22. The molecule has 1 aliphatic carbocycles. The summed E-state index contributed by atoms with van der Waals surface area (Å²) in [7, 11) is 0. The average Bonchev–Trinajstić information content (AvgIpc) is 3.73. The van der Waals surface area contributed by atoms with Gasteiger partial charge in [0.1, 0.15) is 11.2 Å². The van der Waals surface area contributed by atoms with Gasteiger partial charge in [0.15, 0.2) is 17.5 Å². The van der Waals surface area contributed by atoms with E-state index in [0.717, 1.165) is 38.6 Å². The molecule has 1 unspecified atom stereocenters. The monoisotopic (exact) mass is 639 g/mol. The van der Waals surface area contributed by atoms with Crippen LogP contribution in [0.25, 0.3) is 78.4 Å². The highest BCUT2D eigenvalue weighted by Gasteiger charge is 2.30. The first-order chi connectivity index (χ1) is 24.8. The molecule has 0 N–H and O–H groups in total. The minimum absolute atomic E-state index is 0.128. The lowest BCUT2D eigenvalue weighted by Gasteiger charge is -2.16. The number of aromatic nitrogens is 3. The molecule has 1 atom stereocenters. The molecule has 0 radical (unpaired) electrons. The van der Waals surface area contributed by atoms with Crippen LogP contribution < -0.4 is 0 Å². The Morgan fingerprint density at radius 2 is 0.920 bits per heavy atom. The highest BCUT2D eigenvalue weighted by Crippen LogP contribution is 2.49. The Morgan fingerprint density at radius 1 is 0.360 bits per heavy atom. The van der Waals surface area contributed by atoms with Crippen LogP contribution in [0.5, 0.6) is 0 Å². The second-order valence-corrected chi connectivity index (χ2v) is 12.8. The van der Waals surface area contributed by atoms with Crippen LogP contribution in [0.15, 0.2) is 174 Å². The summed E-state index contributed by atoms with van der Waals surface area (Å²) in [5.74, 6) is 1.99. The molecule has 2 aromatic heterocycles. The Morgan fingerprint density at radius 3 is 1.70 bits per heavy atom. The van der Waals surface area contributed by atoms with Gasteiger partial charge in [0.25, 0.3) is 0 Å². The standard InChI is InChI=1S/C46H29N3O/c1-3-11-29(12-4-1)33-23-25-36-35-15-7-8-17-39(35)43(40(36)27-33)30-19-21-32(22-20-30)45-47-44(31-13-5-2-6-14-31)48-46(49-45)34-24-26-38-37-16-9-10-18-41(37)50-42(38)28-34/h1-28,43H. The lowest BCUT2D eigenvalue weighted by molar-refractivity contribution is 0.669. The number of nitrogens with zero attached hydrogens (tertiary/aromatic N) is 3. The molecular formula is C46H29N3O. The van der Waals surface area contributed by atoms with Gasteiger partial charge in [-0.1, -0.05) is 146 Å². The summed E-state index contributed by atoms with van der Waals surface area (Å²) in [6.07, 6.45) is 0. The zero-order chi connectivity index (χ0) is 33.0. The van der Waals surface area contributed by atoms with Crippen LogP contribution in [0.4, 0.5) is 0 Å². The Bertz CT molecular complexity index is 2700. The van der Waals surface area contributed by atoms with Gasteiger partial charge in [-0.2, -0.15) is 0 Å². The van der Waals surface area contributed by atoms with Crippen molar-refractivity contribution in [1.82, 2.24) is 15.0 Å². The van der Waals surface area contributed by atoms with Gasteiger partial charge < -0.3 is 4.42 Å². The summed E-state index contributed by atoms with van der Waals surface area (Å²) < 4.78 is 6.22. The van der Waals surface area contributed by atoms with Crippen molar-refractivity contribution >= 4 is 21.9 Å². The normalized spacial score (nSPS) is 13.4. The molecule has 50 heavy (non-hydrogen) atoms. The molecule has 7 aromatic carbocycles. The van der Waals surface area contributed by atoms with E-state index in [2.05, 4.69) is 115 Å². The van der Waals surface area contributed by atoms with Crippen molar-refractivity contribution in [3.05, 3.63) is 187 Å². The average molecular weight is 640 g/mol. The number of rotatable bonds is 5. The number of fused-ring (bicyclic) bond motifs is 6. The summed E-state index contributed by atoms with van der Waals surface area (Å²) in [6.45, 7) is 0. The summed E-state index contributed by atoms with van der Waals surface area (Å²) in [4.78, 5) is 15.0. The first-order valence-electron chi connectivity index (χ1n) is 16.9.